The lowest BCUT2D eigenvalue weighted by Gasteiger charge is -2.21. The molecule has 0 fully saturated rings. The highest BCUT2D eigenvalue weighted by Gasteiger charge is 2.21. The van der Waals surface area contributed by atoms with Crippen molar-refractivity contribution in [3.8, 4) is 5.75 Å². The van der Waals surface area contributed by atoms with Gasteiger partial charge in [-0.05, 0) is 78.7 Å². The normalized spacial score (nSPS) is 11.2. The smallest absolute Gasteiger partial charge is 0.262 e. The van der Waals surface area contributed by atoms with Crippen LogP contribution in [0.2, 0.25) is 5.02 Å². The minimum Gasteiger partial charge on any atom is -0.484 e. The summed E-state index contributed by atoms with van der Waals surface area (Å²) in [5.74, 6) is -1.03. The topological polar surface area (TPSA) is 117 Å². The van der Waals surface area contributed by atoms with Gasteiger partial charge in [-0.2, -0.15) is 5.10 Å². The number of nitrogens with one attached hydrogen (secondary N) is 2. The minimum absolute atomic E-state index is 0.246. The zero-order valence-electron chi connectivity index (χ0n) is 19.9. The first-order valence-corrected chi connectivity index (χ1v) is 13.1. The largest absolute Gasteiger partial charge is 0.484 e. The number of halogens is 2. The number of nitrogens with zero attached hydrogens (tertiary/aromatic N) is 2. The van der Waals surface area contributed by atoms with Gasteiger partial charge in [-0.15, -0.1) is 0 Å². The molecular formula is C25H24ClFN4O5S. The molecule has 0 radical (unpaired) electrons. The Labute approximate surface area is 218 Å². The molecule has 12 heteroatoms. The number of ether oxygens (including phenoxy) is 1. The van der Waals surface area contributed by atoms with Crippen LogP contribution in [0.5, 0.6) is 5.75 Å². The third kappa shape index (κ3) is 8.58. The molecule has 0 spiro atoms. The van der Waals surface area contributed by atoms with Gasteiger partial charge in [0.05, 0.1) is 18.2 Å². The van der Waals surface area contributed by atoms with Crippen molar-refractivity contribution in [3.63, 3.8) is 0 Å². The van der Waals surface area contributed by atoms with E-state index < -0.39 is 34.2 Å². The van der Waals surface area contributed by atoms with Gasteiger partial charge in [-0.3, -0.25) is 13.9 Å². The van der Waals surface area contributed by atoms with Crippen molar-refractivity contribution in [2.45, 2.75) is 6.92 Å². The first-order chi connectivity index (χ1) is 17.5. The van der Waals surface area contributed by atoms with E-state index in [0.29, 0.717) is 22.0 Å². The van der Waals surface area contributed by atoms with Gasteiger partial charge in [0.2, 0.25) is 10.0 Å². The maximum absolute atomic E-state index is 12.9. The summed E-state index contributed by atoms with van der Waals surface area (Å²) in [5.41, 5.74) is 4.40. The van der Waals surface area contributed by atoms with Crippen LogP contribution in [-0.4, -0.2) is 45.9 Å². The zero-order valence-corrected chi connectivity index (χ0v) is 21.5. The average molecular weight is 547 g/mol. The minimum atomic E-state index is -3.75. The second-order valence-corrected chi connectivity index (χ2v) is 10.2. The van der Waals surface area contributed by atoms with Crippen molar-refractivity contribution >= 4 is 51.0 Å². The molecule has 2 N–H and O–H groups in total. The number of hydrogen-bond donors (Lipinski definition) is 2. The number of carbonyl (C=O) groups excluding carboxylic acids is 2. The quantitative estimate of drug-likeness (QED) is 0.297. The molecule has 0 aromatic heterocycles. The molecular weight excluding hydrogens is 523 g/mol. The van der Waals surface area contributed by atoms with Crippen LogP contribution in [-0.2, 0) is 19.6 Å². The Bertz CT molecular complexity index is 1400. The summed E-state index contributed by atoms with van der Waals surface area (Å²) in [6, 6.07) is 16.6. The number of hydrogen-bond acceptors (Lipinski definition) is 6. The van der Waals surface area contributed by atoms with E-state index in [1.54, 1.807) is 43.3 Å². The molecule has 0 aliphatic carbocycles. The lowest BCUT2D eigenvalue weighted by molar-refractivity contribution is -0.119. The number of anilines is 2. The molecule has 3 aromatic rings. The summed E-state index contributed by atoms with van der Waals surface area (Å²) >= 11 is 6.09. The van der Waals surface area contributed by atoms with Gasteiger partial charge in [0.15, 0.2) is 6.61 Å². The third-order valence-electron chi connectivity index (χ3n) is 4.91. The van der Waals surface area contributed by atoms with Crippen LogP contribution < -0.4 is 19.8 Å². The maximum atomic E-state index is 12.9. The molecule has 0 aliphatic rings. The second-order valence-electron chi connectivity index (χ2n) is 7.91. The SMILES string of the molecule is Cc1ccc(N(CC(=O)N/N=C\c2ccc(OCC(=O)Nc3ccc(F)cc3)cc2)S(C)(=O)=O)cc1Cl. The van der Waals surface area contributed by atoms with Crippen LogP contribution in [0.15, 0.2) is 71.8 Å². The summed E-state index contributed by atoms with van der Waals surface area (Å²) in [5, 5.41) is 6.82. The van der Waals surface area contributed by atoms with Crippen LogP contribution >= 0.6 is 11.6 Å². The van der Waals surface area contributed by atoms with Gasteiger partial charge in [0, 0.05) is 10.7 Å². The predicted octanol–water partition coefficient (Wildman–Crippen LogP) is 3.72. The first-order valence-electron chi connectivity index (χ1n) is 10.9. The molecule has 0 bridgehead atoms. The molecule has 194 valence electrons. The van der Waals surface area contributed by atoms with Gasteiger partial charge in [-0.1, -0.05) is 17.7 Å². The lowest BCUT2D eigenvalue weighted by Crippen LogP contribution is -2.39. The van der Waals surface area contributed by atoms with E-state index in [1.165, 1.54) is 36.5 Å². The van der Waals surface area contributed by atoms with Crippen molar-refractivity contribution in [2.24, 2.45) is 5.10 Å². The maximum Gasteiger partial charge on any atom is 0.262 e. The van der Waals surface area contributed by atoms with Gasteiger partial charge in [0.1, 0.15) is 18.1 Å². The summed E-state index contributed by atoms with van der Waals surface area (Å²) < 4.78 is 43.7. The Hall–Kier alpha value is -3.96. The van der Waals surface area contributed by atoms with E-state index in [4.69, 9.17) is 16.3 Å². The molecule has 3 aromatic carbocycles. The van der Waals surface area contributed by atoms with Crippen LogP contribution in [0.1, 0.15) is 11.1 Å². The Morgan fingerprint density at radius 2 is 1.73 bits per heavy atom. The second kappa shape index (κ2) is 12.3. The highest BCUT2D eigenvalue weighted by Crippen LogP contribution is 2.24. The lowest BCUT2D eigenvalue weighted by atomic mass is 10.2. The number of hydrazone groups is 1. The van der Waals surface area contributed by atoms with Gasteiger partial charge in [0.25, 0.3) is 11.8 Å². The van der Waals surface area contributed by atoms with Crippen LogP contribution in [0.4, 0.5) is 15.8 Å². The fourth-order valence-corrected chi connectivity index (χ4v) is 4.03. The molecule has 3 rings (SSSR count). The van der Waals surface area contributed by atoms with E-state index in [-0.39, 0.29) is 12.3 Å². The van der Waals surface area contributed by atoms with Crippen LogP contribution in [0.3, 0.4) is 0 Å². The third-order valence-corrected chi connectivity index (χ3v) is 6.46. The van der Waals surface area contributed by atoms with Crippen molar-refractivity contribution in [3.05, 3.63) is 88.7 Å². The molecule has 9 nitrogen and oxygen atoms in total. The Morgan fingerprint density at radius 3 is 2.35 bits per heavy atom. The van der Waals surface area contributed by atoms with Gasteiger partial charge in [-0.25, -0.2) is 18.2 Å². The standard InChI is InChI=1S/C25H24ClFN4O5S/c1-17-3-10-21(13-23(17)26)31(37(2,34)35)15-24(32)30-28-14-18-4-11-22(12-5-18)36-16-25(33)29-20-8-6-19(27)7-9-20/h3-14H,15-16H2,1-2H3,(H,29,33)(H,30,32)/b28-14-. The number of sulfonamides is 1. The molecule has 0 saturated carbocycles. The molecule has 0 unspecified atom stereocenters. The van der Waals surface area contributed by atoms with Crippen molar-refractivity contribution in [2.75, 3.05) is 29.0 Å². The Balaban J connectivity index is 1.50. The fraction of sp³-hybridized carbons (Fsp3) is 0.160. The molecule has 0 atom stereocenters. The highest BCUT2D eigenvalue weighted by molar-refractivity contribution is 7.92. The predicted molar refractivity (Wildman–Crippen MR) is 141 cm³/mol. The van der Waals surface area contributed by atoms with E-state index in [1.807, 2.05) is 0 Å². The number of amides is 2. The number of carbonyl (C=O) groups is 2. The van der Waals surface area contributed by atoms with Crippen LogP contribution in [0, 0.1) is 12.7 Å². The molecule has 0 saturated heterocycles. The summed E-state index contributed by atoms with van der Waals surface area (Å²) in [6.07, 6.45) is 2.36. The zero-order chi connectivity index (χ0) is 27.0. The van der Waals surface area contributed by atoms with Gasteiger partial charge < -0.3 is 10.1 Å². The van der Waals surface area contributed by atoms with Crippen molar-refractivity contribution < 1.29 is 27.1 Å². The molecule has 2 amide bonds. The summed E-state index contributed by atoms with van der Waals surface area (Å²) in [6.45, 7) is 1.05. The van der Waals surface area contributed by atoms with E-state index >= 15 is 0 Å². The molecule has 0 aliphatic heterocycles. The highest BCUT2D eigenvalue weighted by atomic mass is 35.5. The van der Waals surface area contributed by atoms with E-state index in [0.717, 1.165) is 16.1 Å². The van der Waals surface area contributed by atoms with E-state index in [9.17, 15) is 22.4 Å². The first kappa shape index (κ1) is 27.6. The van der Waals surface area contributed by atoms with Gasteiger partial charge >= 0.3 is 0 Å². The summed E-state index contributed by atoms with van der Waals surface area (Å²) in [4.78, 5) is 24.3. The van der Waals surface area contributed by atoms with Crippen molar-refractivity contribution in [1.82, 2.24) is 5.43 Å². The van der Waals surface area contributed by atoms with Crippen LogP contribution in [0.25, 0.3) is 0 Å². The average Bonchev–Trinajstić information content (AvgIpc) is 2.84. The molecule has 0 heterocycles. The number of aryl methyl sites for hydroxylation is 1. The number of benzene rings is 3. The monoisotopic (exact) mass is 546 g/mol. The molecule has 37 heavy (non-hydrogen) atoms. The Kier molecular flexibility index (Phi) is 9.20. The number of rotatable bonds is 10. The Morgan fingerprint density at radius 1 is 1.05 bits per heavy atom. The van der Waals surface area contributed by atoms with Crippen molar-refractivity contribution in [1.29, 1.82) is 0 Å². The fourth-order valence-electron chi connectivity index (χ4n) is 3.01. The summed E-state index contributed by atoms with van der Waals surface area (Å²) in [7, 11) is -3.75. The van der Waals surface area contributed by atoms with E-state index in [2.05, 4.69) is 15.8 Å².